The zero-order valence-corrected chi connectivity index (χ0v) is 5.93. The van der Waals surface area contributed by atoms with Crippen molar-refractivity contribution in [2.75, 3.05) is 0 Å². The van der Waals surface area contributed by atoms with E-state index >= 15 is 0 Å². The number of para-hydroxylation sites is 1. The third-order valence-corrected chi connectivity index (χ3v) is 1.25. The van der Waals surface area contributed by atoms with Gasteiger partial charge in [0.1, 0.15) is 5.56 Å². The average molecular weight is 167 g/mol. The van der Waals surface area contributed by atoms with Gasteiger partial charge in [-0.2, -0.15) is 0 Å². The van der Waals surface area contributed by atoms with Crippen LogP contribution in [-0.4, -0.2) is 11.1 Å². The van der Waals surface area contributed by atoms with Crippen LogP contribution in [0.1, 0.15) is 10.4 Å². The van der Waals surface area contributed by atoms with Crippen LogP contribution in [0.5, 0.6) is 5.75 Å². The zero-order chi connectivity index (χ0) is 8.97. The maximum atomic E-state index is 10.5. The Balaban J connectivity index is 3.07. The molecular formula is C7H5NO4. The molecule has 0 amide bonds. The summed E-state index contributed by atoms with van der Waals surface area (Å²) in [4.78, 5) is 24.3. The Morgan fingerprint density at radius 1 is 1.42 bits per heavy atom. The summed E-state index contributed by atoms with van der Waals surface area (Å²) in [6.45, 7) is 0. The first-order chi connectivity index (χ1) is 5.75. The quantitative estimate of drug-likeness (QED) is 0.545. The van der Waals surface area contributed by atoms with E-state index in [1.807, 2.05) is 0 Å². The second-order valence-electron chi connectivity index (χ2n) is 1.97. The van der Waals surface area contributed by atoms with E-state index in [1.165, 1.54) is 18.2 Å². The molecule has 0 saturated carbocycles. The van der Waals surface area contributed by atoms with Crippen LogP contribution >= 0.6 is 0 Å². The van der Waals surface area contributed by atoms with Crippen LogP contribution in [-0.2, 0) is 0 Å². The van der Waals surface area contributed by atoms with Crippen molar-refractivity contribution in [3.63, 3.8) is 0 Å². The van der Waals surface area contributed by atoms with Gasteiger partial charge in [-0.15, -0.1) is 4.91 Å². The lowest BCUT2D eigenvalue weighted by Crippen LogP contribution is -1.98. The van der Waals surface area contributed by atoms with Crippen molar-refractivity contribution < 1.29 is 14.7 Å². The van der Waals surface area contributed by atoms with Crippen molar-refractivity contribution in [2.24, 2.45) is 5.34 Å². The molecule has 1 aromatic carbocycles. The van der Waals surface area contributed by atoms with Crippen molar-refractivity contribution >= 4 is 5.97 Å². The predicted octanol–water partition coefficient (Wildman–Crippen LogP) is 1.45. The molecule has 0 aliphatic carbocycles. The van der Waals surface area contributed by atoms with Gasteiger partial charge in [-0.25, -0.2) is 4.79 Å². The summed E-state index contributed by atoms with van der Waals surface area (Å²) < 4.78 is 0. The molecule has 0 aliphatic rings. The summed E-state index contributed by atoms with van der Waals surface area (Å²) in [5, 5.41) is 10.7. The van der Waals surface area contributed by atoms with Crippen LogP contribution in [0.25, 0.3) is 0 Å². The number of hydrogen-bond donors (Lipinski definition) is 1. The lowest BCUT2D eigenvalue weighted by atomic mass is 10.2. The first-order valence-electron chi connectivity index (χ1n) is 3.07. The molecule has 12 heavy (non-hydrogen) atoms. The number of hydrogen-bond acceptors (Lipinski definition) is 4. The van der Waals surface area contributed by atoms with Crippen LogP contribution in [0.15, 0.2) is 29.6 Å². The van der Waals surface area contributed by atoms with Gasteiger partial charge in [0.15, 0.2) is 11.1 Å². The van der Waals surface area contributed by atoms with Gasteiger partial charge in [0, 0.05) is 0 Å². The predicted molar refractivity (Wildman–Crippen MR) is 39.8 cm³/mol. The van der Waals surface area contributed by atoms with Gasteiger partial charge in [-0.1, -0.05) is 12.1 Å². The van der Waals surface area contributed by atoms with Crippen molar-refractivity contribution in [1.82, 2.24) is 0 Å². The van der Waals surface area contributed by atoms with Crippen molar-refractivity contribution in [3.8, 4) is 5.75 Å². The number of rotatable bonds is 3. The van der Waals surface area contributed by atoms with Gasteiger partial charge >= 0.3 is 5.97 Å². The summed E-state index contributed by atoms with van der Waals surface area (Å²) in [5.74, 6) is -1.21. The molecule has 0 bridgehead atoms. The number of nitrogens with zero attached hydrogens (tertiary/aromatic N) is 1. The summed E-state index contributed by atoms with van der Waals surface area (Å²) in [7, 11) is 0. The summed E-state index contributed by atoms with van der Waals surface area (Å²) in [5.41, 5.74) is -0.0860. The Morgan fingerprint density at radius 2 is 2.08 bits per heavy atom. The molecule has 0 saturated heterocycles. The maximum Gasteiger partial charge on any atom is 0.339 e. The molecule has 0 unspecified atom stereocenters. The lowest BCUT2D eigenvalue weighted by Gasteiger charge is -1.98. The highest BCUT2D eigenvalue weighted by Crippen LogP contribution is 2.17. The highest BCUT2D eigenvalue weighted by atomic mass is 16.7. The number of aromatic carboxylic acids is 1. The van der Waals surface area contributed by atoms with Gasteiger partial charge in [0.2, 0.25) is 0 Å². The van der Waals surface area contributed by atoms with E-state index in [1.54, 1.807) is 6.07 Å². The largest absolute Gasteiger partial charge is 0.478 e. The summed E-state index contributed by atoms with van der Waals surface area (Å²) in [6.07, 6.45) is 0. The molecule has 0 radical (unpaired) electrons. The first kappa shape index (κ1) is 8.19. The summed E-state index contributed by atoms with van der Waals surface area (Å²) >= 11 is 0. The SMILES string of the molecule is O=NOc1ccccc1C(=O)O. The highest BCUT2D eigenvalue weighted by Gasteiger charge is 2.09. The number of carboxylic acid groups (broad SMARTS) is 1. The molecule has 0 spiro atoms. The summed E-state index contributed by atoms with van der Waals surface area (Å²) in [6, 6.07) is 5.75. The number of benzene rings is 1. The minimum Gasteiger partial charge on any atom is -0.478 e. The van der Waals surface area contributed by atoms with Crippen LogP contribution < -0.4 is 4.84 Å². The van der Waals surface area contributed by atoms with E-state index in [0.717, 1.165) is 0 Å². The molecular weight excluding hydrogens is 162 g/mol. The van der Waals surface area contributed by atoms with E-state index in [-0.39, 0.29) is 11.3 Å². The molecule has 1 aromatic rings. The van der Waals surface area contributed by atoms with Gasteiger partial charge in [0.05, 0.1) is 0 Å². The van der Waals surface area contributed by atoms with Crippen LogP contribution in [0.4, 0.5) is 0 Å². The van der Waals surface area contributed by atoms with E-state index in [4.69, 9.17) is 5.11 Å². The second-order valence-corrected chi connectivity index (χ2v) is 1.97. The van der Waals surface area contributed by atoms with Gasteiger partial charge in [0.25, 0.3) is 0 Å². The second kappa shape index (κ2) is 3.47. The Labute approximate surface area is 67.5 Å². The Kier molecular flexibility index (Phi) is 2.37. The van der Waals surface area contributed by atoms with Crippen molar-refractivity contribution in [2.45, 2.75) is 0 Å². The van der Waals surface area contributed by atoms with E-state index in [9.17, 15) is 9.70 Å². The molecule has 1 N–H and O–H groups in total. The van der Waals surface area contributed by atoms with Crippen LogP contribution in [0.3, 0.4) is 0 Å². The first-order valence-corrected chi connectivity index (χ1v) is 3.07. The van der Waals surface area contributed by atoms with Gasteiger partial charge in [-0.3, -0.25) is 0 Å². The molecule has 0 aliphatic heterocycles. The van der Waals surface area contributed by atoms with Crippen molar-refractivity contribution in [1.29, 1.82) is 0 Å². The molecule has 5 heteroatoms. The van der Waals surface area contributed by atoms with Crippen molar-refractivity contribution in [3.05, 3.63) is 34.7 Å². The topological polar surface area (TPSA) is 76.0 Å². The highest BCUT2D eigenvalue weighted by molar-refractivity contribution is 5.90. The van der Waals surface area contributed by atoms with Gasteiger partial charge < -0.3 is 9.94 Å². The average Bonchev–Trinajstić information content (AvgIpc) is 2.05. The fraction of sp³-hybridized carbons (Fsp3) is 0. The van der Waals surface area contributed by atoms with E-state index in [2.05, 4.69) is 10.2 Å². The molecule has 0 heterocycles. The normalized spacial score (nSPS) is 9.00. The van der Waals surface area contributed by atoms with E-state index in [0.29, 0.717) is 0 Å². The maximum absolute atomic E-state index is 10.5. The monoisotopic (exact) mass is 167 g/mol. The fourth-order valence-corrected chi connectivity index (χ4v) is 0.763. The molecule has 0 fully saturated rings. The standard InChI is InChI=1S/C7H5NO4/c9-7(10)5-3-1-2-4-6(5)12-8-11/h1-4H,(H,9,10). The molecule has 0 aromatic heterocycles. The third kappa shape index (κ3) is 1.57. The minimum atomic E-state index is -1.16. The van der Waals surface area contributed by atoms with Crippen LogP contribution in [0.2, 0.25) is 0 Å². The molecule has 62 valence electrons. The smallest absolute Gasteiger partial charge is 0.339 e. The van der Waals surface area contributed by atoms with Crippen LogP contribution in [0, 0.1) is 4.91 Å². The Bertz CT molecular complexity index is 310. The van der Waals surface area contributed by atoms with E-state index < -0.39 is 5.97 Å². The minimum absolute atomic E-state index is 0.0556. The lowest BCUT2D eigenvalue weighted by molar-refractivity contribution is 0.0692. The molecule has 1 rings (SSSR count). The third-order valence-electron chi connectivity index (χ3n) is 1.25. The molecule has 0 atom stereocenters. The Hall–Kier alpha value is -1.91. The molecule has 5 nitrogen and oxygen atoms in total. The zero-order valence-electron chi connectivity index (χ0n) is 5.93. The number of carboxylic acids is 1. The Morgan fingerprint density at radius 3 is 2.67 bits per heavy atom. The number of carbonyl (C=O) groups is 1. The fourth-order valence-electron chi connectivity index (χ4n) is 0.763. The van der Waals surface area contributed by atoms with Gasteiger partial charge in [-0.05, 0) is 12.1 Å².